The molecular weight excluding hydrogens is 334 g/mol. The van der Waals surface area contributed by atoms with Crippen molar-refractivity contribution >= 4 is 28.3 Å². The first-order valence-corrected chi connectivity index (χ1v) is 8.22. The molecule has 1 amide bonds. The number of halogens is 1. The third-order valence-electron chi connectivity index (χ3n) is 3.63. The van der Waals surface area contributed by atoms with E-state index in [0.29, 0.717) is 16.3 Å². The maximum atomic E-state index is 12.3. The van der Waals surface area contributed by atoms with E-state index in [1.54, 1.807) is 12.1 Å². The van der Waals surface area contributed by atoms with Crippen LogP contribution in [0, 0.1) is 11.8 Å². The predicted octanol–water partition coefficient (Wildman–Crippen LogP) is 4.31. The first-order valence-electron chi connectivity index (χ1n) is 7.85. The summed E-state index contributed by atoms with van der Waals surface area (Å²) in [4.78, 5) is 12.3. The molecule has 0 bridgehead atoms. The van der Waals surface area contributed by atoms with Crippen molar-refractivity contribution in [3.8, 4) is 17.6 Å². The molecule has 0 fully saturated rings. The molecule has 3 rings (SSSR count). The summed E-state index contributed by atoms with van der Waals surface area (Å²) in [6.07, 6.45) is 0. The number of carbonyl (C=O) groups is 1. The molecule has 0 saturated carbocycles. The van der Waals surface area contributed by atoms with Gasteiger partial charge in [0.15, 0.2) is 0 Å². The quantitative estimate of drug-likeness (QED) is 0.713. The highest BCUT2D eigenvalue weighted by atomic mass is 35.5. The monoisotopic (exact) mass is 349 g/mol. The number of amides is 1. The number of ether oxygens (including phenoxy) is 1. The van der Waals surface area contributed by atoms with Gasteiger partial charge in [-0.1, -0.05) is 72.0 Å². The lowest BCUT2D eigenvalue weighted by Crippen LogP contribution is -2.23. The highest BCUT2D eigenvalue weighted by Gasteiger charge is 2.07. The van der Waals surface area contributed by atoms with E-state index in [1.807, 2.05) is 54.6 Å². The molecule has 0 aliphatic carbocycles. The fourth-order valence-corrected chi connectivity index (χ4v) is 2.62. The van der Waals surface area contributed by atoms with E-state index in [4.69, 9.17) is 16.3 Å². The number of benzene rings is 3. The fourth-order valence-electron chi connectivity index (χ4n) is 2.43. The second-order valence-corrected chi connectivity index (χ2v) is 5.69. The molecule has 0 atom stereocenters. The first kappa shape index (κ1) is 16.9. The zero-order chi connectivity index (χ0) is 17.5. The van der Waals surface area contributed by atoms with Crippen molar-refractivity contribution in [1.29, 1.82) is 0 Å². The van der Waals surface area contributed by atoms with Crippen molar-refractivity contribution in [2.24, 2.45) is 0 Å². The van der Waals surface area contributed by atoms with Crippen LogP contribution in [-0.2, 0) is 0 Å². The van der Waals surface area contributed by atoms with Crippen LogP contribution < -0.4 is 10.1 Å². The molecule has 0 radical (unpaired) electrons. The van der Waals surface area contributed by atoms with E-state index in [1.165, 1.54) is 0 Å². The third-order valence-corrected chi connectivity index (χ3v) is 3.95. The average molecular weight is 350 g/mol. The Labute approximate surface area is 151 Å². The molecule has 124 valence electrons. The van der Waals surface area contributed by atoms with Crippen LogP contribution in [-0.4, -0.2) is 19.1 Å². The summed E-state index contributed by atoms with van der Waals surface area (Å²) in [7, 11) is 0. The van der Waals surface area contributed by atoms with E-state index in [-0.39, 0.29) is 19.1 Å². The van der Waals surface area contributed by atoms with Gasteiger partial charge < -0.3 is 10.1 Å². The standard InChI is InChI=1S/C21H16ClNO2/c22-19-12-3-4-13-20(19)25-15-6-5-14-23-21(24)18-11-7-9-16-8-1-2-10-17(16)18/h1-4,7-13H,14-15H2,(H,23,24). The van der Waals surface area contributed by atoms with Crippen LogP contribution in [0.5, 0.6) is 5.75 Å². The van der Waals surface area contributed by atoms with Gasteiger partial charge in [-0.15, -0.1) is 0 Å². The summed E-state index contributed by atoms with van der Waals surface area (Å²) in [6, 6.07) is 20.7. The van der Waals surface area contributed by atoms with Crippen molar-refractivity contribution in [3.05, 3.63) is 77.3 Å². The van der Waals surface area contributed by atoms with E-state index < -0.39 is 0 Å². The molecule has 1 N–H and O–H groups in total. The largest absolute Gasteiger partial charge is 0.479 e. The van der Waals surface area contributed by atoms with Crippen molar-refractivity contribution in [1.82, 2.24) is 5.32 Å². The number of carbonyl (C=O) groups excluding carboxylic acids is 1. The third kappa shape index (κ3) is 4.32. The minimum Gasteiger partial charge on any atom is -0.479 e. The second kappa shape index (κ2) is 8.23. The summed E-state index contributed by atoms with van der Waals surface area (Å²) in [5.41, 5.74) is 0.646. The second-order valence-electron chi connectivity index (χ2n) is 5.28. The van der Waals surface area contributed by atoms with E-state index in [0.717, 1.165) is 10.8 Å². The van der Waals surface area contributed by atoms with Crippen molar-refractivity contribution < 1.29 is 9.53 Å². The molecule has 3 nitrogen and oxygen atoms in total. The van der Waals surface area contributed by atoms with Gasteiger partial charge in [0.05, 0.1) is 11.6 Å². The molecule has 0 unspecified atom stereocenters. The highest BCUT2D eigenvalue weighted by Crippen LogP contribution is 2.22. The lowest BCUT2D eigenvalue weighted by Gasteiger charge is -2.06. The van der Waals surface area contributed by atoms with Gasteiger partial charge in [-0.3, -0.25) is 4.79 Å². The highest BCUT2D eigenvalue weighted by molar-refractivity contribution is 6.32. The van der Waals surface area contributed by atoms with Gasteiger partial charge in [0, 0.05) is 5.56 Å². The Morgan fingerprint density at radius 2 is 1.72 bits per heavy atom. The molecule has 4 heteroatoms. The molecule has 0 spiro atoms. The Balaban J connectivity index is 1.54. The van der Waals surface area contributed by atoms with Crippen LogP contribution in [0.25, 0.3) is 10.8 Å². The van der Waals surface area contributed by atoms with Crippen LogP contribution in [0.15, 0.2) is 66.7 Å². The maximum absolute atomic E-state index is 12.3. The van der Waals surface area contributed by atoms with Crippen LogP contribution >= 0.6 is 11.6 Å². The van der Waals surface area contributed by atoms with Crippen molar-refractivity contribution in [3.63, 3.8) is 0 Å². The molecule has 0 saturated heterocycles. The zero-order valence-electron chi connectivity index (χ0n) is 13.5. The predicted molar refractivity (Wildman–Crippen MR) is 101 cm³/mol. The smallest absolute Gasteiger partial charge is 0.252 e. The van der Waals surface area contributed by atoms with Crippen LogP contribution in [0.2, 0.25) is 5.02 Å². The molecular formula is C21H16ClNO2. The lowest BCUT2D eigenvalue weighted by atomic mass is 10.0. The number of fused-ring (bicyclic) bond motifs is 1. The van der Waals surface area contributed by atoms with E-state index in [9.17, 15) is 4.79 Å². The van der Waals surface area contributed by atoms with Gasteiger partial charge in [-0.05, 0) is 29.0 Å². The molecule has 0 aliphatic heterocycles. The number of hydrogen-bond acceptors (Lipinski definition) is 2. The van der Waals surface area contributed by atoms with Crippen LogP contribution in [0.4, 0.5) is 0 Å². The van der Waals surface area contributed by atoms with Gasteiger partial charge in [0.1, 0.15) is 12.4 Å². The normalized spacial score (nSPS) is 9.96. The van der Waals surface area contributed by atoms with E-state index in [2.05, 4.69) is 17.2 Å². The molecule has 0 heterocycles. The van der Waals surface area contributed by atoms with Gasteiger partial charge in [-0.25, -0.2) is 0 Å². The summed E-state index contributed by atoms with van der Waals surface area (Å²) >= 11 is 5.99. The number of nitrogens with one attached hydrogen (secondary N) is 1. The molecule has 0 aromatic heterocycles. The zero-order valence-corrected chi connectivity index (χ0v) is 14.2. The molecule has 25 heavy (non-hydrogen) atoms. The summed E-state index contributed by atoms with van der Waals surface area (Å²) in [6.45, 7) is 0.474. The SMILES string of the molecule is O=C(NCC#CCOc1ccccc1Cl)c1cccc2ccccc12. The Bertz CT molecular complexity index is 951. The minimum atomic E-state index is -0.141. The topological polar surface area (TPSA) is 38.3 Å². The van der Waals surface area contributed by atoms with Gasteiger partial charge >= 0.3 is 0 Å². The van der Waals surface area contributed by atoms with Crippen LogP contribution in [0.1, 0.15) is 10.4 Å². The van der Waals surface area contributed by atoms with Crippen molar-refractivity contribution in [2.45, 2.75) is 0 Å². The molecule has 3 aromatic rings. The summed E-state index contributed by atoms with van der Waals surface area (Å²) < 4.78 is 5.47. The van der Waals surface area contributed by atoms with E-state index >= 15 is 0 Å². The number of rotatable bonds is 4. The summed E-state index contributed by atoms with van der Waals surface area (Å²) in [5.74, 6) is 6.19. The fraction of sp³-hybridized carbons (Fsp3) is 0.0952. The van der Waals surface area contributed by atoms with Gasteiger partial charge in [0.25, 0.3) is 5.91 Å². The average Bonchev–Trinajstić information content (AvgIpc) is 2.65. The number of hydrogen-bond donors (Lipinski definition) is 1. The minimum absolute atomic E-state index is 0.141. The van der Waals surface area contributed by atoms with Crippen molar-refractivity contribution in [2.75, 3.05) is 13.2 Å². The first-order chi connectivity index (χ1) is 12.3. The summed E-state index contributed by atoms with van der Waals surface area (Å²) in [5, 5.41) is 5.32. The Hall–Kier alpha value is -2.96. The molecule has 0 aliphatic rings. The van der Waals surface area contributed by atoms with Crippen LogP contribution in [0.3, 0.4) is 0 Å². The van der Waals surface area contributed by atoms with Gasteiger partial charge in [0.2, 0.25) is 0 Å². The molecule has 3 aromatic carbocycles. The Kier molecular flexibility index (Phi) is 5.56. The lowest BCUT2D eigenvalue weighted by molar-refractivity contribution is 0.0960. The Morgan fingerprint density at radius 1 is 0.960 bits per heavy atom. The van der Waals surface area contributed by atoms with Gasteiger partial charge in [-0.2, -0.15) is 0 Å². The maximum Gasteiger partial charge on any atom is 0.252 e. The number of para-hydroxylation sites is 1. The Morgan fingerprint density at radius 3 is 2.60 bits per heavy atom.